The van der Waals surface area contributed by atoms with Crippen LogP contribution in [0.15, 0.2) is 64.1 Å². The van der Waals surface area contributed by atoms with Crippen molar-refractivity contribution in [3.8, 4) is 11.3 Å². The van der Waals surface area contributed by atoms with Crippen molar-refractivity contribution >= 4 is 56.8 Å². The van der Waals surface area contributed by atoms with E-state index in [1.165, 1.54) is 41.8 Å². The zero-order chi connectivity index (χ0) is 22.8. The van der Waals surface area contributed by atoms with Gasteiger partial charge in [-0.3, -0.25) is 14.9 Å². The number of carboxylic acids is 1. The fourth-order valence-electron chi connectivity index (χ4n) is 2.89. The third-order valence-corrected chi connectivity index (χ3v) is 5.84. The van der Waals surface area contributed by atoms with Crippen molar-refractivity contribution in [1.29, 1.82) is 0 Å². The smallest absolute Gasteiger partial charge is 0.337 e. The zero-order valence-electron chi connectivity index (χ0n) is 15.9. The third kappa shape index (κ3) is 4.36. The van der Waals surface area contributed by atoms with E-state index in [-0.39, 0.29) is 16.3 Å². The summed E-state index contributed by atoms with van der Waals surface area (Å²) in [4.78, 5) is 34.3. The molecule has 0 saturated carbocycles. The summed E-state index contributed by atoms with van der Waals surface area (Å²) < 4.78 is 6.36. The molecule has 4 rings (SSSR count). The van der Waals surface area contributed by atoms with Crippen molar-refractivity contribution < 1.29 is 24.0 Å². The molecule has 2 aromatic heterocycles. The number of fused-ring (bicyclic) bond motifs is 1. The summed E-state index contributed by atoms with van der Waals surface area (Å²) in [6.07, 6.45) is 1.30. The minimum atomic E-state index is -1.15. The number of carbonyl (C=O) groups is 2. The lowest BCUT2D eigenvalue weighted by atomic mass is 10.1. The molecule has 0 saturated heterocycles. The molecule has 0 aliphatic rings. The zero-order valence-corrected chi connectivity index (χ0v) is 17.5. The topological polar surface area (TPSA) is 135 Å². The van der Waals surface area contributed by atoms with E-state index in [9.17, 15) is 24.8 Å². The molecule has 2 heterocycles. The Bertz CT molecular complexity index is 1410. The van der Waals surface area contributed by atoms with Crippen LogP contribution in [-0.2, 0) is 0 Å². The number of aromatic carboxylic acids is 1. The van der Waals surface area contributed by atoms with E-state index in [1.807, 2.05) is 0 Å². The van der Waals surface area contributed by atoms with Crippen LogP contribution in [0.5, 0.6) is 0 Å². The van der Waals surface area contributed by atoms with E-state index >= 15 is 0 Å². The molecule has 0 fully saturated rings. The summed E-state index contributed by atoms with van der Waals surface area (Å²) in [5.41, 5.74) is 2.81. The molecule has 160 valence electrons. The second kappa shape index (κ2) is 8.61. The van der Waals surface area contributed by atoms with Crippen LogP contribution in [0, 0.1) is 10.1 Å². The first-order chi connectivity index (χ1) is 15.3. The number of hydrogen-bond acceptors (Lipinski definition) is 7. The van der Waals surface area contributed by atoms with Crippen LogP contribution in [-0.4, -0.2) is 28.1 Å². The highest BCUT2D eigenvalue weighted by Crippen LogP contribution is 2.29. The van der Waals surface area contributed by atoms with Crippen LogP contribution >= 0.6 is 22.9 Å². The second-order valence-electron chi connectivity index (χ2n) is 6.49. The Labute approximate surface area is 188 Å². The Kier molecular flexibility index (Phi) is 5.71. The molecule has 0 unspecified atom stereocenters. The molecule has 32 heavy (non-hydrogen) atoms. The van der Waals surface area contributed by atoms with Gasteiger partial charge in [-0.1, -0.05) is 11.6 Å². The van der Waals surface area contributed by atoms with Crippen LogP contribution in [0.2, 0.25) is 5.02 Å². The van der Waals surface area contributed by atoms with E-state index in [0.29, 0.717) is 27.3 Å². The molecule has 2 N–H and O–H groups in total. The van der Waals surface area contributed by atoms with Crippen molar-refractivity contribution in [2.24, 2.45) is 5.10 Å². The van der Waals surface area contributed by atoms with Crippen molar-refractivity contribution in [2.75, 3.05) is 0 Å². The number of carboxylic acid groups (broad SMARTS) is 1. The number of halogens is 1. The summed E-state index contributed by atoms with van der Waals surface area (Å²) in [6.45, 7) is 0. The molecule has 1 amide bonds. The number of amides is 1. The Morgan fingerprint density at radius 3 is 2.72 bits per heavy atom. The first-order valence-electron chi connectivity index (χ1n) is 8.96. The quantitative estimate of drug-likeness (QED) is 0.227. The highest BCUT2D eigenvalue weighted by atomic mass is 35.5. The third-order valence-electron chi connectivity index (χ3n) is 4.40. The normalized spacial score (nSPS) is 11.2. The molecule has 0 spiro atoms. The highest BCUT2D eigenvalue weighted by Gasteiger charge is 2.14. The molecule has 9 nitrogen and oxygen atoms in total. The summed E-state index contributed by atoms with van der Waals surface area (Å²) in [5.74, 6) is -0.883. The molecule has 0 radical (unpaired) electrons. The first kappa shape index (κ1) is 21.2. The first-order valence-corrected chi connectivity index (χ1v) is 10.2. The number of nitro groups is 1. The molecule has 0 bridgehead atoms. The van der Waals surface area contributed by atoms with Gasteiger partial charge in [-0.2, -0.15) is 5.10 Å². The van der Waals surface area contributed by atoms with E-state index in [2.05, 4.69) is 10.5 Å². The molecular formula is C21H12ClN3O6S. The molecule has 2 aromatic carbocycles. The number of carbonyl (C=O) groups excluding carboxylic acids is 1. The second-order valence-corrected chi connectivity index (χ2v) is 7.98. The number of hydrogen-bond donors (Lipinski definition) is 2. The monoisotopic (exact) mass is 469 g/mol. The van der Waals surface area contributed by atoms with Crippen molar-refractivity contribution in [3.63, 3.8) is 0 Å². The lowest BCUT2D eigenvalue weighted by Crippen LogP contribution is -2.15. The molecule has 0 aliphatic heterocycles. The molecule has 0 aliphatic carbocycles. The Balaban J connectivity index is 1.46. The standard InChI is InChI=1S/C21H12ClN3O6S/c22-16-4-1-11(8-15(16)21(27)28)17-5-3-14(31-17)10-23-24-20(26)19-9-12-7-13(25(29)30)2-6-18(12)32-19/h1-10H,(H,24,26)(H,27,28). The van der Waals surface area contributed by atoms with Crippen molar-refractivity contribution in [3.05, 3.63) is 85.9 Å². The number of rotatable bonds is 6. The maximum atomic E-state index is 12.3. The summed E-state index contributed by atoms with van der Waals surface area (Å²) >= 11 is 7.07. The van der Waals surface area contributed by atoms with Crippen LogP contribution in [0.4, 0.5) is 5.69 Å². The number of hydrazone groups is 1. The predicted octanol–water partition coefficient (Wildman–Crippen LogP) is 5.19. The van der Waals surface area contributed by atoms with Gasteiger partial charge in [-0.05, 0) is 42.5 Å². The van der Waals surface area contributed by atoms with Gasteiger partial charge in [-0.15, -0.1) is 11.3 Å². The predicted molar refractivity (Wildman–Crippen MR) is 120 cm³/mol. The van der Waals surface area contributed by atoms with Crippen LogP contribution in [0.25, 0.3) is 21.4 Å². The van der Waals surface area contributed by atoms with Gasteiger partial charge in [0.1, 0.15) is 11.5 Å². The maximum Gasteiger partial charge on any atom is 0.337 e. The van der Waals surface area contributed by atoms with Crippen molar-refractivity contribution in [1.82, 2.24) is 5.43 Å². The Hall–Kier alpha value is -4.02. The average Bonchev–Trinajstić information content (AvgIpc) is 3.40. The van der Waals surface area contributed by atoms with Crippen LogP contribution < -0.4 is 5.43 Å². The van der Waals surface area contributed by atoms with Gasteiger partial charge < -0.3 is 9.52 Å². The number of nitrogens with one attached hydrogen (secondary N) is 1. The Morgan fingerprint density at radius 2 is 1.97 bits per heavy atom. The minimum Gasteiger partial charge on any atom is -0.478 e. The summed E-state index contributed by atoms with van der Waals surface area (Å²) in [6, 6.07) is 13.7. The molecule has 11 heteroatoms. The van der Waals surface area contributed by atoms with Crippen LogP contribution in [0.3, 0.4) is 0 Å². The van der Waals surface area contributed by atoms with Crippen LogP contribution in [0.1, 0.15) is 25.8 Å². The van der Waals surface area contributed by atoms with E-state index in [1.54, 1.807) is 30.3 Å². The van der Waals surface area contributed by atoms with Crippen molar-refractivity contribution in [2.45, 2.75) is 0 Å². The van der Waals surface area contributed by atoms with E-state index in [4.69, 9.17) is 16.0 Å². The van der Waals surface area contributed by atoms with E-state index in [0.717, 1.165) is 4.70 Å². The Morgan fingerprint density at radius 1 is 1.16 bits per heavy atom. The minimum absolute atomic E-state index is 0.0447. The lowest BCUT2D eigenvalue weighted by Gasteiger charge is -2.01. The fraction of sp³-hybridized carbons (Fsp3) is 0. The van der Waals surface area contributed by atoms with Gasteiger partial charge in [-0.25, -0.2) is 10.2 Å². The SMILES string of the molecule is O=C(NN=Cc1ccc(-c2ccc(Cl)c(C(=O)O)c2)o1)c1cc2cc([N+](=O)[O-])ccc2s1. The number of nitrogens with zero attached hydrogens (tertiary/aromatic N) is 2. The van der Waals surface area contributed by atoms with Gasteiger partial charge in [0.2, 0.25) is 0 Å². The number of furan rings is 1. The molecular weight excluding hydrogens is 458 g/mol. The van der Waals surface area contributed by atoms with E-state index < -0.39 is 16.8 Å². The van der Waals surface area contributed by atoms with Gasteiger partial charge in [0, 0.05) is 27.8 Å². The number of benzene rings is 2. The molecule has 4 aromatic rings. The summed E-state index contributed by atoms with van der Waals surface area (Å²) in [7, 11) is 0. The van der Waals surface area contributed by atoms with Gasteiger partial charge >= 0.3 is 5.97 Å². The summed E-state index contributed by atoms with van der Waals surface area (Å²) in [5, 5.41) is 24.6. The fourth-order valence-corrected chi connectivity index (χ4v) is 4.02. The number of non-ortho nitro benzene ring substituents is 1. The number of nitro benzene ring substituents is 1. The van der Waals surface area contributed by atoms with Gasteiger partial charge in [0.05, 0.1) is 26.6 Å². The van der Waals surface area contributed by atoms with Gasteiger partial charge in [0.25, 0.3) is 11.6 Å². The highest BCUT2D eigenvalue weighted by molar-refractivity contribution is 7.20. The lowest BCUT2D eigenvalue weighted by molar-refractivity contribution is -0.384. The largest absolute Gasteiger partial charge is 0.478 e. The van der Waals surface area contributed by atoms with Gasteiger partial charge in [0.15, 0.2) is 0 Å². The maximum absolute atomic E-state index is 12.3. The molecule has 0 atom stereocenters. The average molecular weight is 470 g/mol. The number of thiophene rings is 1.